The second-order valence-corrected chi connectivity index (χ2v) is 8.28. The highest BCUT2D eigenvalue weighted by molar-refractivity contribution is 7.89. The van der Waals surface area contributed by atoms with E-state index in [1.165, 1.54) is 15.6 Å². The number of sulfonamides is 1. The Morgan fingerprint density at radius 2 is 2.00 bits per heavy atom. The minimum Gasteiger partial charge on any atom is -0.340 e. The Morgan fingerprint density at radius 1 is 1.33 bits per heavy atom. The molecule has 0 bridgehead atoms. The van der Waals surface area contributed by atoms with Gasteiger partial charge in [-0.05, 0) is 13.3 Å². The van der Waals surface area contributed by atoms with Crippen LogP contribution in [0.2, 0.25) is 0 Å². The van der Waals surface area contributed by atoms with Gasteiger partial charge in [-0.3, -0.25) is 4.79 Å². The smallest absolute Gasteiger partial charge is 0.228 e. The quantitative estimate of drug-likeness (QED) is 0.803. The maximum Gasteiger partial charge on any atom is 0.228 e. The van der Waals surface area contributed by atoms with E-state index in [9.17, 15) is 13.2 Å². The van der Waals surface area contributed by atoms with Gasteiger partial charge in [0.05, 0.1) is 22.9 Å². The minimum atomic E-state index is -3.15. The second kappa shape index (κ2) is 6.85. The lowest BCUT2D eigenvalue weighted by molar-refractivity contribution is -0.131. The molecule has 0 N–H and O–H groups in total. The van der Waals surface area contributed by atoms with Crippen LogP contribution in [0.15, 0.2) is 5.38 Å². The van der Waals surface area contributed by atoms with Gasteiger partial charge in [0, 0.05) is 31.6 Å². The molecule has 0 aromatic carbocycles. The molecule has 1 saturated heterocycles. The van der Waals surface area contributed by atoms with Crippen molar-refractivity contribution < 1.29 is 13.2 Å². The van der Waals surface area contributed by atoms with Gasteiger partial charge < -0.3 is 4.90 Å². The van der Waals surface area contributed by atoms with Crippen molar-refractivity contribution >= 4 is 27.3 Å². The van der Waals surface area contributed by atoms with E-state index in [0.29, 0.717) is 39.0 Å². The summed E-state index contributed by atoms with van der Waals surface area (Å²) in [5.41, 5.74) is 0.795. The lowest BCUT2D eigenvalue weighted by Crippen LogP contribution is -2.51. The predicted octanol–water partition coefficient (Wildman–Crippen LogP) is 0.878. The second-order valence-electron chi connectivity index (χ2n) is 5.13. The third-order valence-electron chi connectivity index (χ3n) is 3.45. The van der Waals surface area contributed by atoms with Gasteiger partial charge in [0.1, 0.15) is 0 Å². The molecule has 8 heteroatoms. The molecule has 1 aliphatic rings. The number of thiazole rings is 1. The van der Waals surface area contributed by atoms with Crippen molar-refractivity contribution in [1.82, 2.24) is 14.2 Å². The van der Waals surface area contributed by atoms with Crippen molar-refractivity contribution in [1.29, 1.82) is 0 Å². The van der Waals surface area contributed by atoms with E-state index in [-0.39, 0.29) is 11.7 Å². The molecule has 1 aromatic rings. The van der Waals surface area contributed by atoms with Crippen LogP contribution in [0.1, 0.15) is 24.0 Å². The Balaban J connectivity index is 1.87. The van der Waals surface area contributed by atoms with Crippen molar-refractivity contribution in [2.45, 2.75) is 26.7 Å². The van der Waals surface area contributed by atoms with Gasteiger partial charge in [-0.15, -0.1) is 11.3 Å². The molecule has 0 unspecified atom stereocenters. The first-order valence-corrected chi connectivity index (χ1v) is 9.58. The summed E-state index contributed by atoms with van der Waals surface area (Å²) in [5, 5.41) is 2.85. The summed E-state index contributed by atoms with van der Waals surface area (Å²) in [6.45, 7) is 5.48. The number of carbonyl (C=O) groups excluding carboxylic acids is 1. The fourth-order valence-electron chi connectivity index (χ4n) is 2.36. The highest BCUT2D eigenvalue weighted by atomic mass is 32.2. The van der Waals surface area contributed by atoms with Crippen molar-refractivity contribution in [2.24, 2.45) is 0 Å². The van der Waals surface area contributed by atoms with Gasteiger partial charge in [0.25, 0.3) is 0 Å². The maximum absolute atomic E-state index is 12.2. The van der Waals surface area contributed by atoms with E-state index in [4.69, 9.17) is 0 Å². The molecule has 118 valence electrons. The zero-order chi connectivity index (χ0) is 15.5. The normalized spacial score (nSPS) is 17.1. The number of carbonyl (C=O) groups is 1. The Hall–Kier alpha value is -0.990. The van der Waals surface area contributed by atoms with Crippen LogP contribution in [0.3, 0.4) is 0 Å². The molecule has 21 heavy (non-hydrogen) atoms. The number of amides is 1. The molecule has 1 fully saturated rings. The summed E-state index contributed by atoms with van der Waals surface area (Å²) < 4.78 is 25.4. The van der Waals surface area contributed by atoms with Gasteiger partial charge in [-0.1, -0.05) is 6.92 Å². The molecule has 0 radical (unpaired) electrons. The van der Waals surface area contributed by atoms with Crippen LogP contribution >= 0.6 is 11.3 Å². The topological polar surface area (TPSA) is 70.6 Å². The summed E-state index contributed by atoms with van der Waals surface area (Å²) in [5.74, 6) is 0.201. The van der Waals surface area contributed by atoms with Gasteiger partial charge >= 0.3 is 0 Å². The number of aryl methyl sites for hydroxylation is 1. The van der Waals surface area contributed by atoms with Crippen LogP contribution in [-0.2, 0) is 21.2 Å². The number of rotatable bonds is 5. The molecule has 2 rings (SSSR count). The molecule has 6 nitrogen and oxygen atoms in total. The number of hydrogen-bond donors (Lipinski definition) is 0. The van der Waals surface area contributed by atoms with E-state index < -0.39 is 10.0 Å². The molecule has 2 heterocycles. The summed E-state index contributed by atoms with van der Waals surface area (Å²) >= 11 is 1.53. The lowest BCUT2D eigenvalue weighted by atomic mass is 10.2. The minimum absolute atomic E-state index is 0.0211. The fraction of sp³-hybridized carbons (Fsp3) is 0.692. The van der Waals surface area contributed by atoms with Gasteiger partial charge in [-0.25, -0.2) is 13.4 Å². The van der Waals surface area contributed by atoms with Crippen LogP contribution in [0.5, 0.6) is 0 Å². The molecule has 0 saturated carbocycles. The Morgan fingerprint density at radius 3 is 2.52 bits per heavy atom. The Bertz CT molecular complexity index is 590. The Labute approximate surface area is 129 Å². The fourth-order valence-corrected chi connectivity index (χ4v) is 4.47. The average Bonchev–Trinajstić information content (AvgIpc) is 2.84. The summed E-state index contributed by atoms with van der Waals surface area (Å²) in [6.07, 6.45) is 0.913. The highest BCUT2D eigenvalue weighted by Crippen LogP contribution is 2.12. The molecule has 1 amide bonds. The average molecular weight is 331 g/mol. The van der Waals surface area contributed by atoms with Crippen molar-refractivity contribution in [3.63, 3.8) is 0 Å². The van der Waals surface area contributed by atoms with Crippen molar-refractivity contribution in [2.75, 3.05) is 31.9 Å². The molecular formula is C13H21N3O3S2. The molecule has 0 atom stereocenters. The van der Waals surface area contributed by atoms with E-state index in [0.717, 1.165) is 10.7 Å². The highest BCUT2D eigenvalue weighted by Gasteiger charge is 2.28. The molecule has 0 aliphatic carbocycles. The first-order chi connectivity index (χ1) is 9.92. The zero-order valence-electron chi connectivity index (χ0n) is 12.4. The molecule has 1 aromatic heterocycles. The van der Waals surface area contributed by atoms with Crippen LogP contribution < -0.4 is 0 Å². The Kier molecular flexibility index (Phi) is 5.34. The van der Waals surface area contributed by atoms with Gasteiger partial charge in [0.15, 0.2) is 0 Å². The number of piperazine rings is 1. The SMILES string of the molecule is CCCS(=O)(=O)N1CCN(C(=O)Cc2csc(C)n2)CC1. The monoisotopic (exact) mass is 331 g/mol. The van der Waals surface area contributed by atoms with E-state index in [1.54, 1.807) is 4.90 Å². The van der Waals surface area contributed by atoms with Gasteiger partial charge in [0.2, 0.25) is 15.9 Å². The predicted molar refractivity (Wildman–Crippen MR) is 82.8 cm³/mol. The molecule has 1 aliphatic heterocycles. The van der Waals surface area contributed by atoms with E-state index in [1.807, 2.05) is 19.2 Å². The number of hydrogen-bond acceptors (Lipinski definition) is 5. The van der Waals surface area contributed by atoms with Crippen LogP contribution in [-0.4, -0.2) is 60.4 Å². The third kappa shape index (κ3) is 4.24. The molecular weight excluding hydrogens is 310 g/mol. The number of nitrogens with zero attached hydrogens (tertiary/aromatic N) is 3. The summed E-state index contributed by atoms with van der Waals surface area (Å²) in [6, 6.07) is 0. The first kappa shape index (κ1) is 16.4. The maximum atomic E-state index is 12.2. The van der Waals surface area contributed by atoms with Gasteiger partial charge in [-0.2, -0.15) is 4.31 Å². The standard InChI is InChI=1S/C13H21N3O3S2/c1-3-8-21(18,19)16-6-4-15(5-7-16)13(17)9-12-10-20-11(2)14-12/h10H,3-9H2,1-2H3. The molecule has 0 spiro atoms. The summed E-state index contributed by atoms with van der Waals surface area (Å²) in [7, 11) is -3.15. The van der Waals surface area contributed by atoms with E-state index >= 15 is 0 Å². The third-order valence-corrected chi connectivity index (χ3v) is 6.34. The largest absolute Gasteiger partial charge is 0.340 e. The summed E-state index contributed by atoms with van der Waals surface area (Å²) in [4.78, 5) is 18.2. The van der Waals surface area contributed by atoms with Crippen LogP contribution in [0.25, 0.3) is 0 Å². The number of aromatic nitrogens is 1. The van der Waals surface area contributed by atoms with E-state index in [2.05, 4.69) is 4.98 Å². The zero-order valence-corrected chi connectivity index (χ0v) is 14.0. The lowest BCUT2D eigenvalue weighted by Gasteiger charge is -2.34. The van der Waals surface area contributed by atoms with Crippen molar-refractivity contribution in [3.05, 3.63) is 16.1 Å². The van der Waals surface area contributed by atoms with Crippen LogP contribution in [0, 0.1) is 6.92 Å². The van der Waals surface area contributed by atoms with Crippen molar-refractivity contribution in [3.8, 4) is 0 Å². The first-order valence-electron chi connectivity index (χ1n) is 7.09. The van der Waals surface area contributed by atoms with Crippen LogP contribution in [0.4, 0.5) is 0 Å².